The molecule has 0 fully saturated rings. The van der Waals surface area contributed by atoms with Crippen molar-refractivity contribution in [3.05, 3.63) is 53.6 Å². The number of aryl methyl sites for hydroxylation is 1. The van der Waals surface area contributed by atoms with Gasteiger partial charge in [-0.2, -0.15) is 5.10 Å². The van der Waals surface area contributed by atoms with Gasteiger partial charge in [-0.1, -0.05) is 18.2 Å². The number of ether oxygens (including phenoxy) is 2. The van der Waals surface area contributed by atoms with Gasteiger partial charge in [0.1, 0.15) is 0 Å². The highest BCUT2D eigenvalue weighted by Crippen LogP contribution is 2.27. The van der Waals surface area contributed by atoms with Crippen molar-refractivity contribution in [2.24, 2.45) is 10.8 Å². The van der Waals surface area contributed by atoms with Crippen LogP contribution in [0.5, 0.6) is 11.5 Å². The maximum Gasteiger partial charge on any atom is 0.332 e. The first-order valence-electron chi connectivity index (χ1n) is 7.74. The number of hydrazone groups is 1. The standard InChI is InChI=1S/C18H20N4O4/c1-12-5-3-4-6-14(12)21-17(23)11-26-15-8-7-13(9-16(15)25-2)10-20-22-18(19)24/h3-10H,11H2,1-2H3,(H,21,23)(H3,19,22,24)/b20-10+. The first kappa shape index (κ1) is 18.8. The average Bonchev–Trinajstić information content (AvgIpc) is 2.62. The number of benzene rings is 2. The van der Waals surface area contributed by atoms with Crippen molar-refractivity contribution in [2.45, 2.75) is 6.92 Å². The number of nitrogens with two attached hydrogens (primary N) is 1. The summed E-state index contributed by atoms with van der Waals surface area (Å²) in [5.74, 6) is 0.557. The van der Waals surface area contributed by atoms with Crippen LogP contribution in [0.2, 0.25) is 0 Å². The zero-order valence-corrected chi connectivity index (χ0v) is 14.5. The molecular weight excluding hydrogens is 336 g/mol. The molecule has 4 N–H and O–H groups in total. The van der Waals surface area contributed by atoms with Gasteiger partial charge in [-0.25, -0.2) is 10.2 Å². The Kier molecular flexibility index (Phi) is 6.55. The van der Waals surface area contributed by atoms with Crippen LogP contribution in [0.1, 0.15) is 11.1 Å². The van der Waals surface area contributed by atoms with E-state index in [9.17, 15) is 9.59 Å². The molecule has 2 aromatic rings. The number of primary amides is 1. The van der Waals surface area contributed by atoms with Crippen molar-refractivity contribution in [1.29, 1.82) is 0 Å². The summed E-state index contributed by atoms with van der Waals surface area (Å²) in [7, 11) is 1.48. The molecular formula is C18H20N4O4. The third-order valence-electron chi connectivity index (χ3n) is 3.35. The Morgan fingerprint density at radius 1 is 1.19 bits per heavy atom. The van der Waals surface area contributed by atoms with E-state index in [0.29, 0.717) is 17.1 Å². The molecule has 3 amide bonds. The lowest BCUT2D eigenvalue weighted by Gasteiger charge is -2.12. The van der Waals surface area contributed by atoms with Gasteiger partial charge in [-0.05, 0) is 42.3 Å². The number of rotatable bonds is 7. The van der Waals surface area contributed by atoms with Gasteiger partial charge in [0.25, 0.3) is 5.91 Å². The van der Waals surface area contributed by atoms with Crippen LogP contribution in [0.3, 0.4) is 0 Å². The Morgan fingerprint density at radius 3 is 2.65 bits per heavy atom. The molecule has 0 saturated heterocycles. The van der Waals surface area contributed by atoms with Crippen molar-refractivity contribution in [2.75, 3.05) is 19.0 Å². The molecule has 2 rings (SSSR count). The summed E-state index contributed by atoms with van der Waals surface area (Å²) in [5.41, 5.74) is 9.38. The number of nitrogens with zero attached hydrogens (tertiary/aromatic N) is 1. The topological polar surface area (TPSA) is 115 Å². The van der Waals surface area contributed by atoms with Crippen LogP contribution in [0.25, 0.3) is 0 Å². The van der Waals surface area contributed by atoms with Crippen LogP contribution in [-0.4, -0.2) is 31.9 Å². The molecule has 0 aromatic heterocycles. The van der Waals surface area contributed by atoms with Gasteiger partial charge in [-0.15, -0.1) is 0 Å². The van der Waals surface area contributed by atoms with E-state index in [0.717, 1.165) is 11.3 Å². The predicted molar refractivity (Wildman–Crippen MR) is 98.6 cm³/mol. The van der Waals surface area contributed by atoms with Crippen molar-refractivity contribution in [3.63, 3.8) is 0 Å². The molecule has 8 heteroatoms. The van der Waals surface area contributed by atoms with Crippen LogP contribution < -0.4 is 25.9 Å². The quantitative estimate of drug-likeness (QED) is 0.520. The molecule has 0 saturated carbocycles. The molecule has 0 unspecified atom stereocenters. The fourth-order valence-electron chi connectivity index (χ4n) is 2.10. The van der Waals surface area contributed by atoms with Crippen LogP contribution in [0.15, 0.2) is 47.6 Å². The van der Waals surface area contributed by atoms with Crippen LogP contribution in [0.4, 0.5) is 10.5 Å². The number of carbonyl (C=O) groups excluding carboxylic acids is 2. The average molecular weight is 356 g/mol. The van der Waals surface area contributed by atoms with Gasteiger partial charge in [0.2, 0.25) is 0 Å². The monoisotopic (exact) mass is 356 g/mol. The molecule has 0 atom stereocenters. The van der Waals surface area contributed by atoms with E-state index < -0.39 is 6.03 Å². The second-order valence-corrected chi connectivity index (χ2v) is 5.30. The van der Waals surface area contributed by atoms with Crippen molar-refractivity contribution < 1.29 is 19.1 Å². The largest absolute Gasteiger partial charge is 0.493 e. The SMILES string of the molecule is COc1cc(/C=N/NC(N)=O)ccc1OCC(=O)Nc1ccccc1C. The number of hydrogen-bond donors (Lipinski definition) is 3. The molecule has 26 heavy (non-hydrogen) atoms. The number of urea groups is 1. The van der Waals surface area contributed by atoms with E-state index >= 15 is 0 Å². The Balaban J connectivity index is 1.98. The number of amides is 3. The lowest BCUT2D eigenvalue weighted by Crippen LogP contribution is -2.24. The van der Waals surface area contributed by atoms with Gasteiger partial charge in [0.15, 0.2) is 18.1 Å². The summed E-state index contributed by atoms with van der Waals surface area (Å²) in [6.45, 7) is 1.74. The normalized spacial score (nSPS) is 10.4. The molecule has 136 valence electrons. The highest BCUT2D eigenvalue weighted by Gasteiger charge is 2.09. The highest BCUT2D eigenvalue weighted by atomic mass is 16.5. The third kappa shape index (κ3) is 5.52. The minimum Gasteiger partial charge on any atom is -0.493 e. The second kappa shape index (κ2) is 9.07. The molecule has 0 aliphatic carbocycles. The van der Waals surface area contributed by atoms with Crippen LogP contribution in [0, 0.1) is 6.92 Å². The second-order valence-electron chi connectivity index (χ2n) is 5.30. The van der Waals surface area contributed by atoms with E-state index in [-0.39, 0.29) is 12.5 Å². The van der Waals surface area contributed by atoms with Gasteiger partial charge in [0.05, 0.1) is 13.3 Å². The fraction of sp³-hybridized carbons (Fsp3) is 0.167. The number of anilines is 1. The number of para-hydroxylation sites is 1. The minimum absolute atomic E-state index is 0.165. The lowest BCUT2D eigenvalue weighted by atomic mass is 10.2. The van der Waals surface area contributed by atoms with E-state index in [4.69, 9.17) is 15.2 Å². The zero-order valence-electron chi connectivity index (χ0n) is 14.5. The van der Waals surface area contributed by atoms with E-state index in [1.165, 1.54) is 13.3 Å². The number of carbonyl (C=O) groups is 2. The van der Waals surface area contributed by atoms with Gasteiger partial charge in [0, 0.05) is 5.69 Å². The number of nitrogens with one attached hydrogen (secondary N) is 2. The Hall–Kier alpha value is -3.55. The number of hydrogen-bond acceptors (Lipinski definition) is 5. The summed E-state index contributed by atoms with van der Waals surface area (Å²) < 4.78 is 10.8. The van der Waals surface area contributed by atoms with Crippen LogP contribution in [-0.2, 0) is 4.79 Å². The van der Waals surface area contributed by atoms with Crippen molar-refractivity contribution in [3.8, 4) is 11.5 Å². The summed E-state index contributed by atoms with van der Waals surface area (Å²) >= 11 is 0. The maximum absolute atomic E-state index is 12.1. The first-order valence-corrected chi connectivity index (χ1v) is 7.74. The molecule has 2 aromatic carbocycles. The van der Waals surface area contributed by atoms with Gasteiger partial charge < -0.3 is 20.5 Å². The lowest BCUT2D eigenvalue weighted by molar-refractivity contribution is -0.118. The van der Waals surface area contributed by atoms with Crippen molar-refractivity contribution in [1.82, 2.24) is 5.43 Å². The van der Waals surface area contributed by atoms with E-state index in [2.05, 4.69) is 15.8 Å². The van der Waals surface area contributed by atoms with Gasteiger partial charge >= 0.3 is 6.03 Å². The first-order chi connectivity index (χ1) is 12.5. The number of methoxy groups -OCH3 is 1. The Morgan fingerprint density at radius 2 is 1.96 bits per heavy atom. The van der Waals surface area contributed by atoms with Crippen molar-refractivity contribution >= 4 is 23.8 Å². The highest BCUT2D eigenvalue weighted by molar-refractivity contribution is 5.92. The summed E-state index contributed by atoms with van der Waals surface area (Å²) in [5, 5.41) is 6.46. The molecule has 0 heterocycles. The Labute approximate surface area is 151 Å². The zero-order chi connectivity index (χ0) is 18.9. The van der Waals surface area contributed by atoms with E-state index in [1.807, 2.05) is 31.2 Å². The summed E-state index contributed by atoms with van der Waals surface area (Å²) in [6.07, 6.45) is 1.40. The molecule has 0 bridgehead atoms. The van der Waals surface area contributed by atoms with E-state index in [1.54, 1.807) is 18.2 Å². The molecule has 8 nitrogen and oxygen atoms in total. The third-order valence-corrected chi connectivity index (χ3v) is 3.35. The fourth-order valence-corrected chi connectivity index (χ4v) is 2.10. The summed E-state index contributed by atoms with van der Waals surface area (Å²) in [4.78, 5) is 22.6. The molecule has 0 radical (unpaired) electrons. The Bertz CT molecular complexity index is 821. The molecule has 0 aliphatic heterocycles. The van der Waals surface area contributed by atoms with Gasteiger partial charge in [-0.3, -0.25) is 4.79 Å². The minimum atomic E-state index is -0.757. The predicted octanol–water partition coefficient (Wildman–Crippen LogP) is 2.02. The molecule has 0 spiro atoms. The smallest absolute Gasteiger partial charge is 0.332 e. The molecule has 0 aliphatic rings. The summed E-state index contributed by atoms with van der Waals surface area (Å²) in [6, 6.07) is 11.7. The maximum atomic E-state index is 12.1. The van der Waals surface area contributed by atoms with Crippen LogP contribution >= 0.6 is 0 Å².